The lowest BCUT2D eigenvalue weighted by atomic mass is 10.1. The molecule has 1 N–H and O–H groups in total. The van der Waals surface area contributed by atoms with Gasteiger partial charge in [0.1, 0.15) is 0 Å². The summed E-state index contributed by atoms with van der Waals surface area (Å²) < 4.78 is 1.82. The van der Waals surface area contributed by atoms with Crippen molar-refractivity contribution in [2.24, 2.45) is 0 Å². The Morgan fingerprint density at radius 2 is 2.05 bits per heavy atom. The topological polar surface area (TPSA) is 76.4 Å². The number of carbonyl (C=O) groups excluding carboxylic acids is 2. The Labute approximate surface area is 113 Å². The van der Waals surface area contributed by atoms with Gasteiger partial charge in [0.05, 0.1) is 6.42 Å². The highest BCUT2D eigenvalue weighted by atomic mass is 32.1. The zero-order valence-corrected chi connectivity index (χ0v) is 10.7. The number of hydrogen-bond acceptors (Lipinski definition) is 4. The zero-order chi connectivity index (χ0) is 13.8. The van der Waals surface area contributed by atoms with Crippen molar-refractivity contribution in [1.29, 1.82) is 0 Å². The Bertz CT molecular complexity index is 612. The predicted molar refractivity (Wildman–Crippen MR) is 69.4 cm³/mol. The van der Waals surface area contributed by atoms with Crippen LogP contribution in [0.25, 0.3) is 0 Å². The summed E-state index contributed by atoms with van der Waals surface area (Å²) in [5.74, 6) is -3.14. The maximum absolute atomic E-state index is 11.7. The number of thiophene rings is 1. The van der Waals surface area contributed by atoms with Crippen LogP contribution in [0.15, 0.2) is 35.3 Å². The smallest absolute Gasteiger partial charge is 0.372 e. The number of carbonyl (C=O) groups is 3. The van der Waals surface area contributed by atoms with Crippen molar-refractivity contribution >= 4 is 28.9 Å². The zero-order valence-electron chi connectivity index (χ0n) is 9.91. The van der Waals surface area contributed by atoms with E-state index >= 15 is 0 Å². The molecule has 0 unspecified atom stereocenters. The summed E-state index contributed by atoms with van der Waals surface area (Å²) in [5.41, 5.74) is 1.48. The van der Waals surface area contributed by atoms with E-state index in [2.05, 4.69) is 0 Å². The number of carboxylic acid groups (broad SMARTS) is 1. The molecule has 0 radical (unpaired) electrons. The number of ketones is 2. The van der Waals surface area contributed by atoms with E-state index in [4.69, 9.17) is 5.11 Å². The fraction of sp³-hybridized carbons (Fsp3) is 0.154. The Morgan fingerprint density at radius 1 is 1.26 bits per heavy atom. The minimum Gasteiger partial charge on any atom is -0.475 e. The van der Waals surface area contributed by atoms with Gasteiger partial charge in [-0.15, -0.1) is 0 Å². The van der Waals surface area contributed by atoms with Crippen molar-refractivity contribution in [3.05, 3.63) is 46.4 Å². The number of aromatic nitrogens is 1. The van der Waals surface area contributed by atoms with Gasteiger partial charge in [-0.3, -0.25) is 9.59 Å². The molecule has 2 aromatic rings. The monoisotopic (exact) mass is 277 g/mol. The van der Waals surface area contributed by atoms with E-state index in [9.17, 15) is 14.4 Å². The van der Waals surface area contributed by atoms with Crippen molar-refractivity contribution < 1.29 is 19.5 Å². The van der Waals surface area contributed by atoms with Crippen molar-refractivity contribution in [1.82, 2.24) is 4.57 Å². The number of Topliss-reactive ketones (excluding diaryl/α,β-unsaturated/α-hetero) is 2. The molecule has 2 heterocycles. The van der Waals surface area contributed by atoms with Crippen LogP contribution in [0.3, 0.4) is 0 Å². The summed E-state index contributed by atoms with van der Waals surface area (Å²) >= 11 is 1.59. The van der Waals surface area contributed by atoms with Crippen molar-refractivity contribution in [3.63, 3.8) is 0 Å². The number of aliphatic carboxylic acids is 1. The lowest BCUT2D eigenvalue weighted by Crippen LogP contribution is -2.16. The quantitative estimate of drug-likeness (QED) is 0.496. The molecule has 98 valence electrons. The fourth-order valence-electron chi connectivity index (χ4n) is 1.62. The SMILES string of the molecule is O=C(O)C(=O)CC(=O)c1ccn(Cc2ccsc2)c1. The molecule has 0 atom stereocenters. The Kier molecular flexibility index (Phi) is 3.91. The normalized spacial score (nSPS) is 10.3. The van der Waals surface area contributed by atoms with Crippen LogP contribution in [-0.2, 0) is 16.1 Å². The highest BCUT2D eigenvalue weighted by Crippen LogP contribution is 2.11. The van der Waals surface area contributed by atoms with E-state index in [1.54, 1.807) is 29.8 Å². The molecule has 6 heteroatoms. The van der Waals surface area contributed by atoms with Crippen LogP contribution in [0.2, 0.25) is 0 Å². The molecule has 5 nitrogen and oxygen atoms in total. The van der Waals surface area contributed by atoms with Gasteiger partial charge in [-0.25, -0.2) is 4.79 Å². The average Bonchev–Trinajstić information content (AvgIpc) is 3.00. The third-order valence-corrected chi connectivity index (χ3v) is 3.31. The molecule has 0 bridgehead atoms. The van der Waals surface area contributed by atoms with Gasteiger partial charge in [-0.05, 0) is 28.5 Å². The van der Waals surface area contributed by atoms with Crippen LogP contribution >= 0.6 is 11.3 Å². The average molecular weight is 277 g/mol. The maximum atomic E-state index is 11.7. The van der Waals surface area contributed by atoms with Gasteiger partial charge in [0, 0.05) is 24.5 Å². The van der Waals surface area contributed by atoms with E-state index < -0.39 is 24.0 Å². The van der Waals surface area contributed by atoms with Crippen LogP contribution < -0.4 is 0 Å². The number of rotatable bonds is 6. The van der Waals surface area contributed by atoms with E-state index in [0.717, 1.165) is 5.56 Å². The molecule has 0 saturated carbocycles. The van der Waals surface area contributed by atoms with Gasteiger partial charge in [0.15, 0.2) is 5.78 Å². The molecule has 19 heavy (non-hydrogen) atoms. The second-order valence-corrected chi connectivity index (χ2v) is 4.81. The first-order valence-corrected chi connectivity index (χ1v) is 6.46. The van der Waals surface area contributed by atoms with Gasteiger partial charge >= 0.3 is 5.97 Å². The van der Waals surface area contributed by atoms with Crippen molar-refractivity contribution in [2.75, 3.05) is 0 Å². The third-order valence-electron chi connectivity index (χ3n) is 2.58. The summed E-state index contributed by atoms with van der Waals surface area (Å²) in [4.78, 5) is 33.0. The molecule has 0 spiro atoms. The van der Waals surface area contributed by atoms with Crippen molar-refractivity contribution in [2.45, 2.75) is 13.0 Å². The second kappa shape index (κ2) is 5.62. The largest absolute Gasteiger partial charge is 0.475 e. The Morgan fingerprint density at radius 3 is 2.68 bits per heavy atom. The minimum atomic E-state index is -1.58. The highest BCUT2D eigenvalue weighted by molar-refractivity contribution is 7.07. The van der Waals surface area contributed by atoms with Crippen LogP contribution in [0, 0.1) is 0 Å². The number of hydrogen-bond donors (Lipinski definition) is 1. The molecule has 0 amide bonds. The lowest BCUT2D eigenvalue weighted by Gasteiger charge is -1.99. The van der Waals surface area contributed by atoms with Crippen molar-refractivity contribution in [3.8, 4) is 0 Å². The molecule has 0 aromatic carbocycles. The van der Waals surface area contributed by atoms with Gasteiger partial charge in [0.25, 0.3) is 0 Å². The lowest BCUT2D eigenvalue weighted by molar-refractivity contribution is -0.148. The van der Waals surface area contributed by atoms with E-state index in [1.165, 1.54) is 0 Å². The highest BCUT2D eigenvalue weighted by Gasteiger charge is 2.18. The Hall–Kier alpha value is -2.21. The van der Waals surface area contributed by atoms with E-state index in [0.29, 0.717) is 12.1 Å². The summed E-state index contributed by atoms with van der Waals surface area (Å²) in [6.45, 7) is 0.643. The maximum Gasteiger partial charge on any atom is 0.372 e. The summed E-state index contributed by atoms with van der Waals surface area (Å²) in [7, 11) is 0. The van der Waals surface area contributed by atoms with Gasteiger partial charge in [0.2, 0.25) is 5.78 Å². The van der Waals surface area contributed by atoms with E-state index in [1.807, 2.05) is 21.4 Å². The van der Waals surface area contributed by atoms with Gasteiger partial charge in [-0.1, -0.05) is 0 Å². The molecular formula is C13H11NO4S. The molecule has 0 saturated heterocycles. The summed E-state index contributed by atoms with van der Waals surface area (Å²) in [5, 5.41) is 12.4. The minimum absolute atomic E-state index is 0.352. The molecule has 0 aliphatic rings. The molecule has 2 aromatic heterocycles. The fourth-order valence-corrected chi connectivity index (χ4v) is 2.28. The van der Waals surface area contributed by atoms with E-state index in [-0.39, 0.29) is 0 Å². The first kappa shape index (κ1) is 13.2. The summed E-state index contributed by atoms with van der Waals surface area (Å²) in [6.07, 6.45) is 2.75. The predicted octanol–water partition coefficient (Wildman–Crippen LogP) is 1.82. The number of carboxylic acids is 1. The molecule has 2 rings (SSSR count). The summed E-state index contributed by atoms with van der Waals surface area (Å²) in [6, 6.07) is 3.57. The van der Waals surface area contributed by atoms with Gasteiger partial charge < -0.3 is 9.67 Å². The van der Waals surface area contributed by atoms with Crippen LogP contribution in [-0.4, -0.2) is 27.2 Å². The van der Waals surface area contributed by atoms with Crippen LogP contribution in [0.4, 0.5) is 0 Å². The Balaban J connectivity index is 2.02. The second-order valence-electron chi connectivity index (χ2n) is 4.03. The standard InChI is InChI=1S/C13H11NO4S/c15-11(5-12(16)13(17)18)10-1-3-14(7-10)6-9-2-4-19-8-9/h1-4,7-8H,5-6H2,(H,17,18). The first-order chi connectivity index (χ1) is 9.06. The number of nitrogens with zero attached hydrogens (tertiary/aromatic N) is 1. The molecular weight excluding hydrogens is 266 g/mol. The van der Waals surface area contributed by atoms with Crippen LogP contribution in [0.5, 0.6) is 0 Å². The molecule has 0 fully saturated rings. The molecule has 0 aliphatic carbocycles. The third kappa shape index (κ3) is 3.38. The van der Waals surface area contributed by atoms with Gasteiger partial charge in [-0.2, -0.15) is 11.3 Å². The molecule has 0 aliphatic heterocycles. The van der Waals surface area contributed by atoms with Crippen LogP contribution in [0.1, 0.15) is 22.3 Å². The first-order valence-electron chi connectivity index (χ1n) is 5.52.